The molecule has 0 unspecified atom stereocenters. The van der Waals surface area contributed by atoms with Gasteiger partial charge in [-0.3, -0.25) is 0 Å². The lowest BCUT2D eigenvalue weighted by molar-refractivity contribution is 0.391. The van der Waals surface area contributed by atoms with Gasteiger partial charge in [0.2, 0.25) is 11.7 Å². The Morgan fingerprint density at radius 2 is 2.06 bits per heavy atom. The predicted octanol–water partition coefficient (Wildman–Crippen LogP) is 2.97. The maximum Gasteiger partial charge on any atom is 0.236 e. The van der Waals surface area contributed by atoms with Crippen LogP contribution in [-0.2, 0) is 5.75 Å². The molecule has 0 spiro atoms. The Labute approximate surface area is 115 Å². The molecule has 0 aliphatic heterocycles. The first-order chi connectivity index (χ1) is 8.79. The molecule has 0 saturated heterocycles. The molecule has 0 fully saturated rings. The average Bonchev–Trinajstić information content (AvgIpc) is 2.84. The van der Waals surface area contributed by atoms with Gasteiger partial charge in [-0.25, -0.2) is 0 Å². The molecular weight excluding hydrogens is 270 g/mol. The molecule has 0 bridgehead atoms. The number of halogens is 1. The van der Waals surface area contributed by atoms with Crippen LogP contribution in [0, 0.1) is 0 Å². The van der Waals surface area contributed by atoms with Crippen molar-refractivity contribution in [3.05, 3.63) is 35.2 Å². The normalized spacial score (nSPS) is 10.8. The predicted molar refractivity (Wildman–Crippen MR) is 74.6 cm³/mol. The van der Waals surface area contributed by atoms with Crippen molar-refractivity contribution in [3.8, 4) is 11.4 Å². The smallest absolute Gasteiger partial charge is 0.236 e. The third kappa shape index (κ3) is 3.73. The van der Waals surface area contributed by atoms with Gasteiger partial charge in [0.05, 0.1) is 5.75 Å². The highest BCUT2D eigenvalue weighted by molar-refractivity contribution is 7.98. The molecule has 0 aliphatic carbocycles. The second kappa shape index (κ2) is 6.78. The van der Waals surface area contributed by atoms with Crippen LogP contribution >= 0.6 is 23.4 Å². The van der Waals surface area contributed by atoms with Crippen LogP contribution in [0.15, 0.2) is 28.8 Å². The van der Waals surface area contributed by atoms with E-state index in [2.05, 4.69) is 10.1 Å². The zero-order valence-electron chi connectivity index (χ0n) is 9.80. The van der Waals surface area contributed by atoms with E-state index in [0.717, 1.165) is 23.5 Å². The van der Waals surface area contributed by atoms with Crippen molar-refractivity contribution in [2.24, 2.45) is 5.73 Å². The quantitative estimate of drug-likeness (QED) is 0.826. The highest BCUT2D eigenvalue weighted by Gasteiger charge is 2.08. The molecule has 0 saturated carbocycles. The average molecular weight is 284 g/mol. The van der Waals surface area contributed by atoms with Gasteiger partial charge in [-0.15, -0.1) is 0 Å². The van der Waals surface area contributed by atoms with Crippen molar-refractivity contribution in [1.29, 1.82) is 0 Å². The van der Waals surface area contributed by atoms with Crippen LogP contribution in [-0.4, -0.2) is 22.4 Å². The van der Waals surface area contributed by atoms with E-state index in [1.165, 1.54) is 0 Å². The fourth-order valence-electron chi connectivity index (χ4n) is 1.37. The van der Waals surface area contributed by atoms with Crippen molar-refractivity contribution in [2.75, 3.05) is 12.3 Å². The summed E-state index contributed by atoms with van der Waals surface area (Å²) in [6.45, 7) is 0.715. The Bertz CT molecular complexity index is 486. The first-order valence-corrected chi connectivity index (χ1v) is 7.19. The van der Waals surface area contributed by atoms with Crippen LogP contribution in [0.25, 0.3) is 11.4 Å². The fraction of sp³-hybridized carbons (Fsp3) is 0.333. The van der Waals surface area contributed by atoms with Crippen molar-refractivity contribution in [2.45, 2.75) is 12.2 Å². The first-order valence-electron chi connectivity index (χ1n) is 5.66. The summed E-state index contributed by atoms with van der Waals surface area (Å²) >= 11 is 7.57. The standard InChI is InChI=1S/C12H14ClN3OS/c13-10-4-2-9(3-5-10)12-15-11(17-16-12)8-18-7-1-6-14/h2-5H,1,6-8,14H2. The first kappa shape index (κ1) is 13.4. The molecule has 1 aromatic heterocycles. The molecule has 18 heavy (non-hydrogen) atoms. The fourth-order valence-corrected chi connectivity index (χ4v) is 2.31. The molecule has 0 radical (unpaired) electrons. The van der Waals surface area contributed by atoms with Gasteiger partial charge in [0.15, 0.2) is 0 Å². The largest absolute Gasteiger partial charge is 0.338 e. The topological polar surface area (TPSA) is 64.9 Å². The monoisotopic (exact) mass is 283 g/mol. The Morgan fingerprint density at radius 1 is 1.28 bits per heavy atom. The summed E-state index contributed by atoms with van der Waals surface area (Å²) in [6, 6.07) is 7.36. The Hall–Kier alpha value is -1.04. The van der Waals surface area contributed by atoms with Crippen molar-refractivity contribution >= 4 is 23.4 Å². The summed E-state index contributed by atoms with van der Waals surface area (Å²) in [4.78, 5) is 4.33. The summed E-state index contributed by atoms with van der Waals surface area (Å²) in [7, 11) is 0. The van der Waals surface area contributed by atoms with Crippen LogP contribution in [0.3, 0.4) is 0 Å². The SMILES string of the molecule is NCCCSCc1nc(-c2ccc(Cl)cc2)no1. The maximum absolute atomic E-state index is 5.82. The van der Waals surface area contributed by atoms with Crippen molar-refractivity contribution in [3.63, 3.8) is 0 Å². The van der Waals surface area contributed by atoms with E-state index in [9.17, 15) is 0 Å². The van der Waals surface area contributed by atoms with Gasteiger partial charge < -0.3 is 10.3 Å². The highest BCUT2D eigenvalue weighted by atomic mass is 35.5. The molecule has 4 nitrogen and oxygen atoms in total. The van der Waals surface area contributed by atoms with Crippen LogP contribution < -0.4 is 5.73 Å². The highest BCUT2D eigenvalue weighted by Crippen LogP contribution is 2.20. The van der Waals surface area contributed by atoms with Crippen LogP contribution in [0.4, 0.5) is 0 Å². The minimum Gasteiger partial charge on any atom is -0.338 e. The molecule has 2 N–H and O–H groups in total. The van der Waals surface area contributed by atoms with Gasteiger partial charge in [0, 0.05) is 10.6 Å². The number of nitrogens with zero attached hydrogens (tertiary/aromatic N) is 2. The summed E-state index contributed by atoms with van der Waals surface area (Å²) in [5, 5.41) is 4.64. The van der Waals surface area contributed by atoms with Gasteiger partial charge >= 0.3 is 0 Å². The van der Waals surface area contributed by atoms with E-state index in [0.29, 0.717) is 23.3 Å². The maximum atomic E-state index is 5.82. The van der Waals surface area contributed by atoms with Gasteiger partial charge in [0.1, 0.15) is 0 Å². The second-order valence-corrected chi connectivity index (χ2v) is 5.26. The number of hydrogen-bond donors (Lipinski definition) is 1. The van der Waals surface area contributed by atoms with E-state index >= 15 is 0 Å². The lowest BCUT2D eigenvalue weighted by atomic mass is 10.2. The summed E-state index contributed by atoms with van der Waals surface area (Å²) in [5.74, 6) is 2.97. The molecule has 2 aromatic rings. The molecule has 1 aromatic carbocycles. The Balaban J connectivity index is 1.95. The number of hydrogen-bond acceptors (Lipinski definition) is 5. The van der Waals surface area contributed by atoms with Gasteiger partial charge in [-0.1, -0.05) is 16.8 Å². The number of thioether (sulfide) groups is 1. The molecule has 6 heteroatoms. The molecular formula is C12H14ClN3OS. The van der Waals surface area contributed by atoms with Gasteiger partial charge in [0.25, 0.3) is 0 Å². The number of aromatic nitrogens is 2. The molecule has 0 atom stereocenters. The Kier molecular flexibility index (Phi) is 5.04. The second-order valence-electron chi connectivity index (χ2n) is 3.71. The zero-order chi connectivity index (χ0) is 12.8. The van der Waals surface area contributed by atoms with Crippen molar-refractivity contribution in [1.82, 2.24) is 10.1 Å². The van der Waals surface area contributed by atoms with Crippen LogP contribution in [0.5, 0.6) is 0 Å². The van der Waals surface area contributed by atoms with Crippen molar-refractivity contribution < 1.29 is 4.52 Å². The lowest BCUT2D eigenvalue weighted by Crippen LogP contribution is -1.99. The molecule has 1 heterocycles. The number of nitrogens with two attached hydrogens (primary N) is 1. The van der Waals surface area contributed by atoms with Crippen LogP contribution in [0.1, 0.15) is 12.3 Å². The molecule has 0 amide bonds. The Morgan fingerprint density at radius 3 is 2.78 bits per heavy atom. The summed E-state index contributed by atoms with van der Waals surface area (Å²) in [5.41, 5.74) is 6.33. The van der Waals surface area contributed by atoms with E-state index in [1.54, 1.807) is 11.8 Å². The lowest BCUT2D eigenvalue weighted by Gasteiger charge is -1.95. The minimum absolute atomic E-state index is 0.598. The molecule has 0 aliphatic rings. The minimum atomic E-state index is 0.598. The van der Waals surface area contributed by atoms with E-state index < -0.39 is 0 Å². The number of benzene rings is 1. The van der Waals surface area contributed by atoms with E-state index in [4.69, 9.17) is 21.9 Å². The van der Waals surface area contributed by atoms with Gasteiger partial charge in [-0.05, 0) is 43.0 Å². The van der Waals surface area contributed by atoms with Crippen LogP contribution in [0.2, 0.25) is 5.02 Å². The third-order valence-electron chi connectivity index (χ3n) is 2.29. The van der Waals surface area contributed by atoms with Gasteiger partial charge in [-0.2, -0.15) is 16.7 Å². The molecule has 2 rings (SSSR count). The van der Waals surface area contributed by atoms with E-state index in [1.807, 2.05) is 24.3 Å². The number of rotatable bonds is 6. The third-order valence-corrected chi connectivity index (χ3v) is 3.57. The van der Waals surface area contributed by atoms with E-state index in [-0.39, 0.29) is 0 Å². The summed E-state index contributed by atoms with van der Waals surface area (Å²) < 4.78 is 5.18. The zero-order valence-corrected chi connectivity index (χ0v) is 11.4. The molecule has 96 valence electrons. The summed E-state index contributed by atoms with van der Waals surface area (Å²) in [6.07, 6.45) is 1.00.